The molecule has 0 heterocycles. The van der Waals surface area contributed by atoms with Gasteiger partial charge in [-0.3, -0.25) is 4.90 Å². The Morgan fingerprint density at radius 1 is 1.21 bits per heavy atom. The molecule has 1 unspecified atom stereocenters. The highest BCUT2D eigenvalue weighted by Gasteiger charge is 2.10. The molecule has 0 fully saturated rings. The summed E-state index contributed by atoms with van der Waals surface area (Å²) in [5.41, 5.74) is 0. The van der Waals surface area contributed by atoms with Crippen molar-refractivity contribution >= 4 is 0 Å². The lowest BCUT2D eigenvalue weighted by Crippen LogP contribution is -2.34. The monoisotopic (exact) mass is 197 g/mol. The van der Waals surface area contributed by atoms with Gasteiger partial charge >= 0.3 is 0 Å². The molecule has 2 nitrogen and oxygen atoms in total. The average molecular weight is 197 g/mol. The number of ether oxygens (including phenoxy) is 1. The first-order chi connectivity index (χ1) is 6.78. The summed E-state index contributed by atoms with van der Waals surface area (Å²) >= 11 is 0. The van der Waals surface area contributed by atoms with Crippen molar-refractivity contribution in [3.05, 3.63) is 25.3 Å². The Kier molecular flexibility index (Phi) is 8.59. The third-order valence-corrected chi connectivity index (χ3v) is 2.09. The molecule has 0 aliphatic carbocycles. The molecular weight excluding hydrogens is 174 g/mol. The summed E-state index contributed by atoms with van der Waals surface area (Å²) in [4.78, 5) is 2.28. The molecule has 0 N–H and O–H groups in total. The van der Waals surface area contributed by atoms with Gasteiger partial charge in [0.1, 0.15) is 0 Å². The summed E-state index contributed by atoms with van der Waals surface area (Å²) in [6.07, 6.45) is 5.23. The topological polar surface area (TPSA) is 12.5 Å². The van der Waals surface area contributed by atoms with Crippen molar-refractivity contribution in [1.82, 2.24) is 4.90 Å². The largest absolute Gasteiger partial charge is 0.377 e. The summed E-state index contributed by atoms with van der Waals surface area (Å²) in [6, 6.07) is 0. The van der Waals surface area contributed by atoms with Gasteiger partial charge in [0.15, 0.2) is 0 Å². The first-order valence-corrected chi connectivity index (χ1v) is 5.34. The summed E-state index contributed by atoms with van der Waals surface area (Å²) in [5, 5.41) is 0. The number of rotatable bonds is 9. The Balaban J connectivity index is 3.95. The van der Waals surface area contributed by atoms with Crippen LogP contribution in [0.2, 0.25) is 0 Å². The molecule has 0 rings (SSSR count). The molecule has 0 bridgehead atoms. The summed E-state index contributed by atoms with van der Waals surface area (Å²) in [7, 11) is 0. The average Bonchev–Trinajstić information content (AvgIpc) is 2.18. The first kappa shape index (κ1) is 13.4. The van der Waals surface area contributed by atoms with Crippen LogP contribution in [0.5, 0.6) is 0 Å². The Morgan fingerprint density at radius 2 is 1.79 bits per heavy atom. The van der Waals surface area contributed by atoms with Gasteiger partial charge < -0.3 is 4.74 Å². The highest BCUT2D eigenvalue weighted by Crippen LogP contribution is 2.02. The van der Waals surface area contributed by atoms with E-state index < -0.39 is 0 Å². The molecule has 14 heavy (non-hydrogen) atoms. The van der Waals surface area contributed by atoms with Crippen molar-refractivity contribution < 1.29 is 4.74 Å². The Labute approximate surface area is 88.2 Å². The van der Waals surface area contributed by atoms with Crippen LogP contribution in [-0.2, 0) is 4.74 Å². The fraction of sp³-hybridized carbons (Fsp3) is 0.667. The lowest BCUT2D eigenvalue weighted by molar-refractivity contribution is 0.0363. The minimum absolute atomic E-state index is 0.333. The maximum atomic E-state index is 5.60. The predicted molar refractivity (Wildman–Crippen MR) is 62.5 cm³/mol. The van der Waals surface area contributed by atoms with Crippen molar-refractivity contribution in [2.45, 2.75) is 26.4 Å². The second-order valence-corrected chi connectivity index (χ2v) is 3.28. The van der Waals surface area contributed by atoms with Gasteiger partial charge in [-0.1, -0.05) is 19.1 Å². The fourth-order valence-electron chi connectivity index (χ4n) is 1.41. The molecule has 0 aromatic carbocycles. The lowest BCUT2D eigenvalue weighted by atomic mass is 10.2. The molecule has 0 aromatic rings. The van der Waals surface area contributed by atoms with E-state index in [2.05, 4.69) is 25.0 Å². The number of nitrogens with zero attached hydrogens (tertiary/aromatic N) is 1. The van der Waals surface area contributed by atoms with Crippen LogP contribution in [0.1, 0.15) is 20.3 Å². The molecule has 0 amide bonds. The molecule has 1 atom stereocenters. The van der Waals surface area contributed by atoms with Crippen LogP contribution in [0.3, 0.4) is 0 Å². The van der Waals surface area contributed by atoms with Gasteiger partial charge in [-0.05, 0) is 13.3 Å². The van der Waals surface area contributed by atoms with Crippen LogP contribution in [0.4, 0.5) is 0 Å². The van der Waals surface area contributed by atoms with E-state index in [4.69, 9.17) is 4.74 Å². The van der Waals surface area contributed by atoms with E-state index >= 15 is 0 Å². The van der Waals surface area contributed by atoms with E-state index in [1.54, 1.807) is 0 Å². The fourth-order valence-corrected chi connectivity index (χ4v) is 1.41. The zero-order chi connectivity index (χ0) is 10.8. The van der Waals surface area contributed by atoms with E-state index in [0.717, 1.165) is 32.7 Å². The Hall–Kier alpha value is -0.600. The predicted octanol–water partition coefficient (Wildman–Crippen LogP) is 2.48. The van der Waals surface area contributed by atoms with Crippen LogP contribution >= 0.6 is 0 Å². The Bertz CT molecular complexity index is 146. The van der Waals surface area contributed by atoms with E-state index in [9.17, 15) is 0 Å². The van der Waals surface area contributed by atoms with Crippen LogP contribution in [0, 0.1) is 0 Å². The van der Waals surface area contributed by atoms with Crippen molar-refractivity contribution in [3.8, 4) is 0 Å². The SMILES string of the molecule is C=CCN(CC=C)CC(CC)OCC. The Morgan fingerprint density at radius 3 is 2.14 bits per heavy atom. The zero-order valence-electron chi connectivity index (χ0n) is 9.54. The van der Waals surface area contributed by atoms with E-state index in [0.29, 0.717) is 6.10 Å². The summed E-state index contributed by atoms with van der Waals surface area (Å²) in [6.45, 7) is 15.2. The van der Waals surface area contributed by atoms with Crippen molar-refractivity contribution in [2.75, 3.05) is 26.2 Å². The van der Waals surface area contributed by atoms with Gasteiger partial charge in [-0.25, -0.2) is 0 Å². The summed E-state index contributed by atoms with van der Waals surface area (Å²) in [5.74, 6) is 0. The highest BCUT2D eigenvalue weighted by atomic mass is 16.5. The van der Waals surface area contributed by atoms with Gasteiger partial charge in [-0.15, -0.1) is 13.2 Å². The quantitative estimate of drug-likeness (QED) is 0.526. The number of hydrogen-bond donors (Lipinski definition) is 0. The maximum Gasteiger partial charge on any atom is 0.0699 e. The van der Waals surface area contributed by atoms with Gasteiger partial charge in [0, 0.05) is 26.2 Å². The number of hydrogen-bond acceptors (Lipinski definition) is 2. The molecule has 0 aliphatic rings. The third-order valence-electron chi connectivity index (χ3n) is 2.09. The maximum absolute atomic E-state index is 5.60. The minimum Gasteiger partial charge on any atom is -0.377 e. The van der Waals surface area contributed by atoms with Crippen molar-refractivity contribution in [3.63, 3.8) is 0 Å². The minimum atomic E-state index is 0.333. The molecule has 0 saturated carbocycles. The van der Waals surface area contributed by atoms with E-state index in [1.165, 1.54) is 0 Å². The van der Waals surface area contributed by atoms with Gasteiger partial charge in [0.05, 0.1) is 6.10 Å². The molecule has 2 heteroatoms. The van der Waals surface area contributed by atoms with Crippen molar-refractivity contribution in [2.24, 2.45) is 0 Å². The molecular formula is C12H23NO. The normalized spacial score (nSPS) is 12.8. The molecule has 0 radical (unpaired) electrons. The third kappa shape index (κ3) is 5.95. The van der Waals surface area contributed by atoms with E-state index in [-0.39, 0.29) is 0 Å². The van der Waals surface area contributed by atoms with Crippen LogP contribution in [0.25, 0.3) is 0 Å². The van der Waals surface area contributed by atoms with Gasteiger partial charge in [0.25, 0.3) is 0 Å². The smallest absolute Gasteiger partial charge is 0.0699 e. The van der Waals surface area contributed by atoms with E-state index in [1.807, 2.05) is 19.1 Å². The lowest BCUT2D eigenvalue weighted by Gasteiger charge is -2.24. The van der Waals surface area contributed by atoms with Crippen molar-refractivity contribution in [1.29, 1.82) is 0 Å². The molecule has 0 aromatic heterocycles. The zero-order valence-corrected chi connectivity index (χ0v) is 9.54. The molecule has 0 spiro atoms. The summed E-state index contributed by atoms with van der Waals surface area (Å²) < 4.78 is 5.60. The second kappa shape index (κ2) is 8.97. The van der Waals surface area contributed by atoms with Crippen LogP contribution < -0.4 is 0 Å². The standard InChI is InChI=1S/C12H23NO/c1-5-9-13(10-6-2)11-12(7-3)14-8-4/h5-6,12H,1-2,7-11H2,3-4H3. The molecule has 82 valence electrons. The molecule has 0 saturated heterocycles. The van der Waals surface area contributed by atoms with Crippen LogP contribution in [-0.4, -0.2) is 37.2 Å². The highest BCUT2D eigenvalue weighted by molar-refractivity contribution is 4.81. The molecule has 0 aliphatic heterocycles. The second-order valence-electron chi connectivity index (χ2n) is 3.28. The van der Waals surface area contributed by atoms with Gasteiger partial charge in [0.2, 0.25) is 0 Å². The van der Waals surface area contributed by atoms with Gasteiger partial charge in [-0.2, -0.15) is 0 Å². The van der Waals surface area contributed by atoms with Crippen LogP contribution in [0.15, 0.2) is 25.3 Å². The first-order valence-electron chi connectivity index (χ1n) is 5.34.